The molecule has 21 heavy (non-hydrogen) atoms. The average molecular weight is 291 g/mol. The molecule has 0 bridgehead atoms. The Morgan fingerprint density at radius 2 is 1.86 bits per heavy atom. The minimum absolute atomic E-state index is 0.276. The van der Waals surface area contributed by atoms with Crippen molar-refractivity contribution in [3.05, 3.63) is 18.0 Å². The Hall–Kier alpha value is -0.830. The maximum Gasteiger partial charge on any atom is 0.0640 e. The van der Waals surface area contributed by atoms with Gasteiger partial charge < -0.3 is 5.73 Å². The summed E-state index contributed by atoms with van der Waals surface area (Å²) in [6, 6.07) is 2.97. The SMILES string of the molecule is CCC(CC)n1ccc(CC(N)CC2CCCCCC2)n1. The summed E-state index contributed by atoms with van der Waals surface area (Å²) in [4.78, 5) is 0. The van der Waals surface area contributed by atoms with Gasteiger partial charge in [-0.3, -0.25) is 4.68 Å². The summed E-state index contributed by atoms with van der Waals surface area (Å²) >= 11 is 0. The predicted octanol–water partition coefficient (Wildman–Crippen LogP) is 4.47. The molecule has 3 nitrogen and oxygen atoms in total. The first kappa shape index (κ1) is 16.5. The van der Waals surface area contributed by atoms with Crippen LogP contribution in [-0.2, 0) is 6.42 Å². The van der Waals surface area contributed by atoms with Crippen molar-refractivity contribution in [2.75, 3.05) is 0 Å². The summed E-state index contributed by atoms with van der Waals surface area (Å²) in [6.45, 7) is 4.46. The van der Waals surface area contributed by atoms with Crippen molar-refractivity contribution in [1.82, 2.24) is 9.78 Å². The zero-order chi connectivity index (χ0) is 15.1. The average Bonchev–Trinajstić information content (AvgIpc) is 2.76. The first-order valence-electron chi connectivity index (χ1n) is 9.02. The van der Waals surface area contributed by atoms with Crippen LogP contribution in [0.4, 0.5) is 0 Å². The summed E-state index contributed by atoms with van der Waals surface area (Å²) in [5.41, 5.74) is 7.56. The Morgan fingerprint density at radius 3 is 2.48 bits per heavy atom. The molecule has 2 N–H and O–H groups in total. The van der Waals surface area contributed by atoms with Crippen LogP contribution in [0.15, 0.2) is 12.3 Å². The Kier molecular flexibility index (Phi) is 6.75. The van der Waals surface area contributed by atoms with Crippen molar-refractivity contribution >= 4 is 0 Å². The van der Waals surface area contributed by atoms with Crippen molar-refractivity contribution in [3.8, 4) is 0 Å². The summed E-state index contributed by atoms with van der Waals surface area (Å²) in [5.74, 6) is 0.851. The molecule has 120 valence electrons. The molecule has 1 fully saturated rings. The molecular formula is C18H33N3. The molecule has 0 aromatic carbocycles. The van der Waals surface area contributed by atoms with E-state index in [2.05, 4.69) is 30.8 Å². The Labute approximate surface area is 130 Å². The largest absolute Gasteiger partial charge is 0.327 e. The number of nitrogens with two attached hydrogens (primary N) is 1. The second-order valence-corrected chi connectivity index (χ2v) is 6.81. The molecule has 0 spiro atoms. The molecule has 0 radical (unpaired) electrons. The lowest BCUT2D eigenvalue weighted by molar-refractivity contribution is 0.382. The van der Waals surface area contributed by atoms with Crippen LogP contribution in [0.2, 0.25) is 0 Å². The number of aromatic nitrogens is 2. The fourth-order valence-corrected chi connectivity index (χ4v) is 3.73. The normalized spacial score (nSPS) is 18.9. The van der Waals surface area contributed by atoms with Gasteiger partial charge in [0.15, 0.2) is 0 Å². The van der Waals surface area contributed by atoms with Crippen molar-refractivity contribution in [3.63, 3.8) is 0 Å². The van der Waals surface area contributed by atoms with E-state index in [1.807, 2.05) is 0 Å². The highest BCUT2D eigenvalue weighted by Crippen LogP contribution is 2.26. The zero-order valence-corrected chi connectivity index (χ0v) is 13.9. The van der Waals surface area contributed by atoms with Gasteiger partial charge in [0, 0.05) is 18.7 Å². The van der Waals surface area contributed by atoms with E-state index in [-0.39, 0.29) is 6.04 Å². The summed E-state index contributed by atoms with van der Waals surface area (Å²) in [5, 5.41) is 4.74. The van der Waals surface area contributed by atoms with Gasteiger partial charge in [0.1, 0.15) is 0 Å². The number of hydrogen-bond donors (Lipinski definition) is 1. The van der Waals surface area contributed by atoms with E-state index in [1.165, 1.54) is 50.6 Å². The smallest absolute Gasteiger partial charge is 0.0640 e. The van der Waals surface area contributed by atoms with Gasteiger partial charge in [-0.25, -0.2) is 0 Å². The minimum atomic E-state index is 0.276. The van der Waals surface area contributed by atoms with E-state index >= 15 is 0 Å². The van der Waals surface area contributed by atoms with Gasteiger partial charge in [0.25, 0.3) is 0 Å². The van der Waals surface area contributed by atoms with Crippen molar-refractivity contribution in [2.24, 2.45) is 11.7 Å². The van der Waals surface area contributed by atoms with E-state index in [0.29, 0.717) is 6.04 Å². The van der Waals surface area contributed by atoms with Gasteiger partial charge >= 0.3 is 0 Å². The van der Waals surface area contributed by atoms with Gasteiger partial charge in [0.05, 0.1) is 11.7 Å². The molecule has 1 heterocycles. The van der Waals surface area contributed by atoms with E-state index in [0.717, 1.165) is 25.2 Å². The van der Waals surface area contributed by atoms with E-state index in [4.69, 9.17) is 10.8 Å². The highest BCUT2D eigenvalue weighted by Gasteiger charge is 2.17. The van der Waals surface area contributed by atoms with Gasteiger partial charge in [-0.1, -0.05) is 52.4 Å². The standard InChI is InChI=1S/C18H33N3/c1-3-18(4-2)21-12-11-17(20-21)14-16(19)13-15-9-7-5-6-8-10-15/h11-12,15-16,18H,3-10,13-14,19H2,1-2H3. The van der Waals surface area contributed by atoms with Crippen molar-refractivity contribution in [1.29, 1.82) is 0 Å². The molecule has 0 saturated heterocycles. The number of nitrogens with zero attached hydrogens (tertiary/aromatic N) is 2. The maximum absolute atomic E-state index is 6.39. The van der Waals surface area contributed by atoms with Gasteiger partial charge in [-0.05, 0) is 31.2 Å². The minimum Gasteiger partial charge on any atom is -0.327 e. The van der Waals surface area contributed by atoms with E-state index < -0.39 is 0 Å². The second kappa shape index (κ2) is 8.57. The molecule has 1 aromatic rings. The monoisotopic (exact) mass is 291 g/mol. The molecule has 1 unspecified atom stereocenters. The van der Waals surface area contributed by atoms with Crippen LogP contribution in [0.25, 0.3) is 0 Å². The third kappa shape index (κ3) is 5.14. The van der Waals surface area contributed by atoms with Crippen molar-refractivity contribution < 1.29 is 0 Å². The van der Waals surface area contributed by atoms with Gasteiger partial charge in [-0.15, -0.1) is 0 Å². The van der Waals surface area contributed by atoms with Crippen LogP contribution in [0.5, 0.6) is 0 Å². The lowest BCUT2D eigenvalue weighted by Crippen LogP contribution is -2.26. The summed E-state index contributed by atoms with van der Waals surface area (Å²) < 4.78 is 2.13. The van der Waals surface area contributed by atoms with Crippen LogP contribution in [-0.4, -0.2) is 15.8 Å². The molecule has 0 amide bonds. The molecule has 1 aromatic heterocycles. The quantitative estimate of drug-likeness (QED) is 0.753. The van der Waals surface area contributed by atoms with Gasteiger partial charge in [0.2, 0.25) is 0 Å². The first-order chi connectivity index (χ1) is 10.2. The third-order valence-corrected chi connectivity index (χ3v) is 5.06. The lowest BCUT2D eigenvalue weighted by atomic mass is 9.91. The lowest BCUT2D eigenvalue weighted by Gasteiger charge is -2.18. The third-order valence-electron chi connectivity index (χ3n) is 5.06. The van der Waals surface area contributed by atoms with E-state index in [1.54, 1.807) is 0 Å². The molecule has 1 aliphatic rings. The fraction of sp³-hybridized carbons (Fsp3) is 0.833. The van der Waals surface area contributed by atoms with Crippen LogP contribution in [0.1, 0.15) is 83.4 Å². The molecule has 0 aliphatic heterocycles. The first-order valence-corrected chi connectivity index (χ1v) is 9.02. The van der Waals surface area contributed by atoms with E-state index in [9.17, 15) is 0 Å². The summed E-state index contributed by atoms with van der Waals surface area (Å²) in [6.07, 6.45) is 15.0. The molecule has 2 rings (SSSR count). The highest BCUT2D eigenvalue weighted by atomic mass is 15.3. The zero-order valence-electron chi connectivity index (χ0n) is 13.9. The Bertz CT molecular complexity index is 387. The molecular weight excluding hydrogens is 258 g/mol. The molecule has 3 heteroatoms. The fourth-order valence-electron chi connectivity index (χ4n) is 3.73. The number of hydrogen-bond acceptors (Lipinski definition) is 2. The molecule has 1 aliphatic carbocycles. The van der Waals surface area contributed by atoms with Crippen LogP contribution < -0.4 is 5.73 Å². The van der Waals surface area contributed by atoms with Crippen LogP contribution >= 0.6 is 0 Å². The number of rotatable bonds is 7. The van der Waals surface area contributed by atoms with Crippen LogP contribution in [0.3, 0.4) is 0 Å². The van der Waals surface area contributed by atoms with Crippen molar-refractivity contribution in [2.45, 2.75) is 90.1 Å². The molecule has 1 atom stereocenters. The summed E-state index contributed by atoms with van der Waals surface area (Å²) in [7, 11) is 0. The Morgan fingerprint density at radius 1 is 1.19 bits per heavy atom. The van der Waals surface area contributed by atoms with Crippen LogP contribution in [0, 0.1) is 5.92 Å². The maximum atomic E-state index is 6.39. The Balaban J connectivity index is 1.83. The highest BCUT2D eigenvalue weighted by molar-refractivity contribution is 5.02. The topological polar surface area (TPSA) is 43.8 Å². The second-order valence-electron chi connectivity index (χ2n) is 6.81. The molecule has 1 saturated carbocycles. The van der Waals surface area contributed by atoms with Gasteiger partial charge in [-0.2, -0.15) is 5.10 Å². The predicted molar refractivity (Wildman–Crippen MR) is 89.3 cm³/mol.